The maximum atomic E-state index is 5.47. The molecule has 3 heteroatoms. The Morgan fingerprint density at radius 1 is 1.20 bits per heavy atom. The average Bonchev–Trinajstić information content (AvgIpc) is 2.28. The molecule has 0 aliphatic carbocycles. The molecule has 1 heterocycles. The minimum absolute atomic E-state index is 0.827. The van der Waals surface area contributed by atoms with Crippen LogP contribution in [0.3, 0.4) is 0 Å². The smallest absolute Gasteiger partial charge is 0.0468 e. The molecule has 0 atom stereocenters. The molecule has 1 aliphatic heterocycles. The van der Waals surface area contributed by atoms with Gasteiger partial charge in [-0.05, 0) is 64.7 Å². The molecule has 15 heavy (non-hydrogen) atoms. The minimum atomic E-state index is 0.827. The Labute approximate surface area is 94.0 Å². The molecule has 0 aromatic rings. The van der Waals surface area contributed by atoms with Crippen LogP contribution < -0.4 is 5.73 Å². The molecule has 0 amide bonds. The monoisotopic (exact) mass is 214 g/mol. The number of nitrogens with two attached hydrogens (primary N) is 1. The normalized spacial score (nSPS) is 18.6. The van der Waals surface area contributed by atoms with Crippen LogP contribution in [-0.4, -0.2) is 44.8 Å². The fourth-order valence-electron chi connectivity index (χ4n) is 2.08. The summed E-state index contributed by atoms with van der Waals surface area (Å²) in [4.78, 5) is 2.44. The lowest BCUT2D eigenvalue weighted by molar-refractivity contribution is 0.0610. The van der Waals surface area contributed by atoms with Crippen LogP contribution in [0.15, 0.2) is 0 Å². The quantitative estimate of drug-likeness (QED) is 0.652. The summed E-state index contributed by atoms with van der Waals surface area (Å²) in [6.07, 6.45) is 6.25. The zero-order chi connectivity index (χ0) is 10.9. The summed E-state index contributed by atoms with van der Waals surface area (Å²) < 4.78 is 5.36. The number of rotatable bonds is 7. The van der Waals surface area contributed by atoms with Crippen LogP contribution in [0, 0.1) is 5.92 Å². The van der Waals surface area contributed by atoms with Crippen molar-refractivity contribution in [2.45, 2.75) is 32.1 Å². The van der Waals surface area contributed by atoms with Gasteiger partial charge < -0.3 is 15.4 Å². The third-order valence-corrected chi connectivity index (χ3v) is 3.25. The van der Waals surface area contributed by atoms with Crippen molar-refractivity contribution in [1.82, 2.24) is 4.90 Å². The van der Waals surface area contributed by atoms with Crippen LogP contribution in [0.5, 0.6) is 0 Å². The van der Waals surface area contributed by atoms with Crippen molar-refractivity contribution in [3.63, 3.8) is 0 Å². The molecule has 0 bridgehead atoms. The number of unbranched alkanes of at least 4 members (excludes halogenated alkanes) is 1. The standard InChI is InChI=1S/C12H26N2O/c1-14(8-3-2-7-13)9-4-12-5-10-15-11-6-12/h12H,2-11,13H2,1H3. The number of ether oxygens (including phenoxy) is 1. The second kappa shape index (κ2) is 8.08. The van der Waals surface area contributed by atoms with Crippen molar-refractivity contribution in [2.24, 2.45) is 11.7 Å². The number of nitrogens with zero attached hydrogens (tertiary/aromatic N) is 1. The highest BCUT2D eigenvalue weighted by Crippen LogP contribution is 2.18. The zero-order valence-corrected chi connectivity index (χ0v) is 10.1. The van der Waals surface area contributed by atoms with E-state index in [1.807, 2.05) is 0 Å². The molecule has 3 nitrogen and oxygen atoms in total. The van der Waals surface area contributed by atoms with E-state index in [1.54, 1.807) is 0 Å². The summed E-state index contributed by atoms with van der Waals surface area (Å²) in [6, 6.07) is 0. The van der Waals surface area contributed by atoms with Crippen LogP contribution in [0.2, 0.25) is 0 Å². The van der Waals surface area contributed by atoms with Crippen LogP contribution >= 0.6 is 0 Å². The highest BCUT2D eigenvalue weighted by molar-refractivity contribution is 4.65. The van der Waals surface area contributed by atoms with E-state index in [1.165, 1.54) is 38.8 Å². The van der Waals surface area contributed by atoms with E-state index in [4.69, 9.17) is 10.5 Å². The molecular formula is C12H26N2O. The third-order valence-electron chi connectivity index (χ3n) is 3.25. The van der Waals surface area contributed by atoms with Gasteiger partial charge in [0.15, 0.2) is 0 Å². The van der Waals surface area contributed by atoms with Gasteiger partial charge in [0, 0.05) is 13.2 Å². The zero-order valence-electron chi connectivity index (χ0n) is 10.1. The van der Waals surface area contributed by atoms with Gasteiger partial charge in [0.05, 0.1) is 0 Å². The second-order valence-corrected chi connectivity index (χ2v) is 4.64. The van der Waals surface area contributed by atoms with Crippen molar-refractivity contribution in [2.75, 3.05) is 39.9 Å². The average molecular weight is 214 g/mol. The maximum Gasteiger partial charge on any atom is 0.0468 e. The lowest BCUT2D eigenvalue weighted by atomic mass is 9.96. The van der Waals surface area contributed by atoms with Gasteiger partial charge in [0.2, 0.25) is 0 Å². The molecule has 1 rings (SSSR count). The first kappa shape index (κ1) is 12.9. The van der Waals surface area contributed by atoms with Crippen molar-refractivity contribution in [3.05, 3.63) is 0 Å². The summed E-state index contributed by atoms with van der Waals surface area (Å²) in [6.45, 7) is 5.20. The lowest BCUT2D eigenvalue weighted by Gasteiger charge is -2.24. The molecule has 1 saturated heterocycles. The summed E-state index contributed by atoms with van der Waals surface area (Å²) in [7, 11) is 2.22. The van der Waals surface area contributed by atoms with Gasteiger partial charge >= 0.3 is 0 Å². The Hall–Kier alpha value is -0.120. The van der Waals surface area contributed by atoms with E-state index >= 15 is 0 Å². The van der Waals surface area contributed by atoms with E-state index in [0.29, 0.717) is 0 Å². The Morgan fingerprint density at radius 3 is 2.60 bits per heavy atom. The summed E-state index contributed by atoms with van der Waals surface area (Å²) in [5.74, 6) is 0.899. The largest absolute Gasteiger partial charge is 0.381 e. The summed E-state index contributed by atoms with van der Waals surface area (Å²) >= 11 is 0. The van der Waals surface area contributed by atoms with Gasteiger partial charge in [-0.25, -0.2) is 0 Å². The lowest BCUT2D eigenvalue weighted by Crippen LogP contribution is -2.25. The first-order valence-electron chi connectivity index (χ1n) is 6.29. The Bertz CT molecular complexity index is 147. The van der Waals surface area contributed by atoms with Crippen molar-refractivity contribution in [3.8, 4) is 0 Å². The SMILES string of the molecule is CN(CCCCN)CCC1CCOCC1. The van der Waals surface area contributed by atoms with Gasteiger partial charge in [-0.3, -0.25) is 0 Å². The van der Waals surface area contributed by atoms with E-state index in [2.05, 4.69) is 11.9 Å². The predicted molar refractivity (Wildman–Crippen MR) is 63.9 cm³/mol. The Morgan fingerprint density at radius 2 is 1.93 bits per heavy atom. The van der Waals surface area contributed by atoms with E-state index in [0.717, 1.165) is 32.1 Å². The molecule has 2 N–H and O–H groups in total. The highest BCUT2D eigenvalue weighted by atomic mass is 16.5. The van der Waals surface area contributed by atoms with E-state index < -0.39 is 0 Å². The van der Waals surface area contributed by atoms with Crippen molar-refractivity contribution < 1.29 is 4.74 Å². The Balaban J connectivity index is 1.97. The summed E-state index contributed by atoms with van der Waals surface area (Å²) in [5.41, 5.74) is 5.47. The minimum Gasteiger partial charge on any atom is -0.381 e. The fraction of sp³-hybridized carbons (Fsp3) is 1.00. The van der Waals surface area contributed by atoms with E-state index in [9.17, 15) is 0 Å². The van der Waals surface area contributed by atoms with Crippen molar-refractivity contribution in [1.29, 1.82) is 0 Å². The van der Waals surface area contributed by atoms with Gasteiger partial charge in [-0.2, -0.15) is 0 Å². The van der Waals surface area contributed by atoms with Crippen molar-refractivity contribution >= 4 is 0 Å². The first-order chi connectivity index (χ1) is 7.33. The number of hydrogen-bond acceptors (Lipinski definition) is 3. The molecule has 90 valence electrons. The molecule has 0 aromatic carbocycles. The highest BCUT2D eigenvalue weighted by Gasteiger charge is 2.13. The molecule has 0 aromatic heterocycles. The van der Waals surface area contributed by atoms with Gasteiger partial charge in [0.1, 0.15) is 0 Å². The first-order valence-corrected chi connectivity index (χ1v) is 6.29. The molecule has 0 unspecified atom stereocenters. The molecule has 1 fully saturated rings. The second-order valence-electron chi connectivity index (χ2n) is 4.64. The fourth-order valence-corrected chi connectivity index (χ4v) is 2.08. The molecular weight excluding hydrogens is 188 g/mol. The molecule has 0 saturated carbocycles. The van der Waals surface area contributed by atoms with Gasteiger partial charge in [0.25, 0.3) is 0 Å². The molecule has 0 radical (unpaired) electrons. The van der Waals surface area contributed by atoms with Crippen LogP contribution in [0.4, 0.5) is 0 Å². The van der Waals surface area contributed by atoms with Gasteiger partial charge in [-0.1, -0.05) is 0 Å². The summed E-state index contributed by atoms with van der Waals surface area (Å²) in [5, 5.41) is 0. The molecule has 1 aliphatic rings. The maximum absolute atomic E-state index is 5.47. The Kier molecular flexibility index (Phi) is 6.98. The topological polar surface area (TPSA) is 38.5 Å². The van der Waals surface area contributed by atoms with Crippen LogP contribution in [0.25, 0.3) is 0 Å². The van der Waals surface area contributed by atoms with Crippen LogP contribution in [-0.2, 0) is 4.74 Å². The van der Waals surface area contributed by atoms with Gasteiger partial charge in [-0.15, -0.1) is 0 Å². The van der Waals surface area contributed by atoms with Crippen LogP contribution in [0.1, 0.15) is 32.1 Å². The molecule has 0 spiro atoms. The third kappa shape index (κ3) is 6.13. The number of hydrogen-bond donors (Lipinski definition) is 1. The predicted octanol–water partition coefficient (Wildman–Crippen LogP) is 1.47. The van der Waals surface area contributed by atoms with E-state index in [-0.39, 0.29) is 0 Å².